The zero-order valence-electron chi connectivity index (χ0n) is 15.1. The molecule has 146 valence electrons. The molecule has 1 aromatic heterocycles. The molecule has 1 saturated carbocycles. The Kier molecular flexibility index (Phi) is 6.34. The van der Waals surface area contributed by atoms with E-state index < -0.39 is 5.76 Å². The van der Waals surface area contributed by atoms with Gasteiger partial charge in [0.15, 0.2) is 5.82 Å². The summed E-state index contributed by atoms with van der Waals surface area (Å²) in [6.45, 7) is 0.914. The summed E-state index contributed by atoms with van der Waals surface area (Å²) < 4.78 is 4.51. The van der Waals surface area contributed by atoms with Crippen molar-refractivity contribution in [2.45, 2.75) is 44.6 Å². The van der Waals surface area contributed by atoms with Gasteiger partial charge in [0.1, 0.15) is 0 Å². The molecule has 4 rings (SSSR count). The van der Waals surface area contributed by atoms with Crippen molar-refractivity contribution in [1.29, 1.82) is 0 Å². The average Bonchev–Trinajstić information content (AvgIpc) is 3.32. The highest BCUT2D eigenvalue weighted by molar-refractivity contribution is 5.95. The molecule has 0 radical (unpaired) electrons. The Bertz CT molecular complexity index is 811. The van der Waals surface area contributed by atoms with Gasteiger partial charge in [-0.1, -0.05) is 37.3 Å². The van der Waals surface area contributed by atoms with Gasteiger partial charge in [-0.2, -0.15) is 0 Å². The van der Waals surface area contributed by atoms with E-state index in [1.165, 1.54) is 32.1 Å². The van der Waals surface area contributed by atoms with Gasteiger partial charge in [-0.25, -0.2) is 4.79 Å². The van der Waals surface area contributed by atoms with E-state index in [1.807, 2.05) is 12.1 Å². The minimum absolute atomic E-state index is 0. The highest BCUT2D eigenvalue weighted by Gasteiger charge is 2.38. The summed E-state index contributed by atoms with van der Waals surface area (Å²) in [5, 5.41) is 10.1. The number of H-pyrrole nitrogens is 1. The summed E-state index contributed by atoms with van der Waals surface area (Å²) in [6.07, 6.45) is 7.50. The molecule has 0 unspecified atom stereocenters. The topological polar surface area (TPSA) is 100 Å². The molecule has 1 saturated heterocycles. The van der Waals surface area contributed by atoms with Crippen molar-refractivity contribution in [3.05, 3.63) is 34.8 Å². The van der Waals surface area contributed by atoms with Crippen LogP contribution in [0.15, 0.2) is 33.6 Å². The summed E-state index contributed by atoms with van der Waals surface area (Å²) in [7, 11) is 0. The van der Waals surface area contributed by atoms with E-state index in [9.17, 15) is 9.59 Å². The second-order valence-electron chi connectivity index (χ2n) is 7.29. The molecule has 1 aromatic carbocycles. The van der Waals surface area contributed by atoms with Crippen LogP contribution in [-0.2, 0) is 4.79 Å². The van der Waals surface area contributed by atoms with Crippen molar-refractivity contribution in [1.82, 2.24) is 15.5 Å². The highest BCUT2D eigenvalue weighted by Crippen LogP contribution is 2.36. The predicted octanol–water partition coefficient (Wildman–Crippen LogP) is 2.95. The first kappa shape index (κ1) is 19.6. The van der Waals surface area contributed by atoms with Crippen LogP contribution >= 0.6 is 12.4 Å². The van der Waals surface area contributed by atoms with Crippen molar-refractivity contribution in [2.75, 3.05) is 11.9 Å². The molecule has 0 bridgehead atoms. The number of anilines is 1. The third-order valence-corrected chi connectivity index (χ3v) is 5.67. The first-order valence-corrected chi connectivity index (χ1v) is 9.41. The number of nitrogens with one attached hydrogen (secondary N) is 3. The standard InChI is InChI=1S/C19H24N4O3.ClH/c24-18(16-15(10-11-20-16)12-4-2-1-3-5-12)21-14-8-6-13(7-9-14)17-22-19(25)26-23-17;/h6-9,12,15-16,20H,1-5,10-11H2,(H,21,24)(H,22,23,25);1H/t15-,16-;/m0./s1. The predicted molar refractivity (Wildman–Crippen MR) is 105 cm³/mol. The van der Waals surface area contributed by atoms with Crippen LogP contribution in [0.4, 0.5) is 5.69 Å². The number of hydrogen-bond donors (Lipinski definition) is 3. The molecule has 0 spiro atoms. The number of rotatable bonds is 4. The Hall–Kier alpha value is -2.12. The van der Waals surface area contributed by atoms with Gasteiger partial charge in [0, 0.05) is 11.3 Å². The number of carbonyl (C=O) groups excluding carboxylic acids is 1. The number of aromatic nitrogens is 2. The van der Waals surface area contributed by atoms with Crippen LogP contribution in [0.1, 0.15) is 38.5 Å². The van der Waals surface area contributed by atoms with Crippen LogP contribution in [-0.4, -0.2) is 28.6 Å². The number of hydrogen-bond acceptors (Lipinski definition) is 5. The Morgan fingerprint density at radius 2 is 1.85 bits per heavy atom. The van der Waals surface area contributed by atoms with Gasteiger partial charge in [0.05, 0.1) is 6.04 Å². The molecular formula is C19H25ClN4O3. The molecule has 2 aliphatic rings. The Morgan fingerprint density at radius 3 is 2.52 bits per heavy atom. The lowest BCUT2D eigenvalue weighted by molar-refractivity contribution is -0.119. The van der Waals surface area contributed by atoms with Crippen LogP contribution in [0, 0.1) is 11.8 Å². The summed E-state index contributed by atoms with van der Waals surface area (Å²) in [6, 6.07) is 7.11. The van der Waals surface area contributed by atoms with Crippen molar-refractivity contribution < 1.29 is 9.32 Å². The van der Waals surface area contributed by atoms with E-state index >= 15 is 0 Å². The minimum Gasteiger partial charge on any atom is -0.325 e. The normalized spacial score (nSPS) is 23.0. The van der Waals surface area contributed by atoms with E-state index in [0.29, 0.717) is 17.7 Å². The third-order valence-electron chi connectivity index (χ3n) is 5.67. The van der Waals surface area contributed by atoms with Gasteiger partial charge in [0.2, 0.25) is 5.91 Å². The Morgan fingerprint density at radius 1 is 1.11 bits per heavy atom. The summed E-state index contributed by atoms with van der Waals surface area (Å²) in [5.41, 5.74) is 1.47. The fourth-order valence-electron chi connectivity index (χ4n) is 4.37. The summed E-state index contributed by atoms with van der Waals surface area (Å²) in [5.74, 6) is 0.942. The number of amides is 1. The number of carbonyl (C=O) groups is 1. The van der Waals surface area contributed by atoms with Gasteiger partial charge in [0.25, 0.3) is 0 Å². The van der Waals surface area contributed by atoms with Crippen LogP contribution in [0.3, 0.4) is 0 Å². The maximum absolute atomic E-state index is 12.8. The molecule has 3 N–H and O–H groups in total. The first-order chi connectivity index (χ1) is 12.7. The molecule has 8 heteroatoms. The lowest BCUT2D eigenvalue weighted by Gasteiger charge is -2.30. The second kappa shape index (κ2) is 8.71. The van der Waals surface area contributed by atoms with E-state index in [2.05, 4.69) is 25.3 Å². The van der Waals surface area contributed by atoms with E-state index in [4.69, 9.17) is 0 Å². The zero-order valence-corrected chi connectivity index (χ0v) is 15.9. The minimum atomic E-state index is -0.585. The van der Waals surface area contributed by atoms with Gasteiger partial charge in [-0.15, -0.1) is 12.4 Å². The molecule has 1 aliphatic heterocycles. The zero-order chi connectivity index (χ0) is 17.9. The first-order valence-electron chi connectivity index (χ1n) is 9.41. The number of halogens is 1. The molecule has 2 atom stereocenters. The molecule has 1 aliphatic carbocycles. The van der Waals surface area contributed by atoms with Gasteiger partial charge in [-0.05, 0) is 49.1 Å². The van der Waals surface area contributed by atoms with Crippen LogP contribution in [0.5, 0.6) is 0 Å². The smallest absolute Gasteiger partial charge is 0.325 e. The summed E-state index contributed by atoms with van der Waals surface area (Å²) in [4.78, 5) is 26.3. The maximum Gasteiger partial charge on any atom is 0.439 e. The van der Waals surface area contributed by atoms with E-state index in [1.54, 1.807) is 12.1 Å². The molecular weight excluding hydrogens is 368 g/mol. The lowest BCUT2D eigenvalue weighted by Crippen LogP contribution is -2.42. The molecule has 2 fully saturated rings. The number of nitrogens with zero attached hydrogens (tertiary/aromatic N) is 1. The van der Waals surface area contributed by atoms with Gasteiger partial charge >= 0.3 is 5.76 Å². The monoisotopic (exact) mass is 392 g/mol. The highest BCUT2D eigenvalue weighted by atomic mass is 35.5. The third kappa shape index (κ3) is 4.42. The SMILES string of the molecule is Cl.O=C(Nc1ccc(-c2noc(=O)[nH]2)cc1)[C@H]1NCC[C@H]1C1CCCCC1. The quantitative estimate of drug-likeness (QED) is 0.742. The van der Waals surface area contributed by atoms with Crippen LogP contribution < -0.4 is 16.4 Å². The van der Waals surface area contributed by atoms with Crippen molar-refractivity contribution in [3.8, 4) is 11.4 Å². The van der Waals surface area contributed by atoms with Crippen molar-refractivity contribution in [2.24, 2.45) is 11.8 Å². The molecule has 2 heterocycles. The number of benzene rings is 1. The lowest BCUT2D eigenvalue weighted by atomic mass is 9.76. The van der Waals surface area contributed by atoms with E-state index in [0.717, 1.165) is 24.2 Å². The number of aromatic amines is 1. The molecule has 27 heavy (non-hydrogen) atoms. The largest absolute Gasteiger partial charge is 0.439 e. The Labute approximate surface area is 163 Å². The van der Waals surface area contributed by atoms with E-state index in [-0.39, 0.29) is 24.4 Å². The summed E-state index contributed by atoms with van der Waals surface area (Å²) >= 11 is 0. The maximum atomic E-state index is 12.8. The van der Waals surface area contributed by atoms with Crippen molar-refractivity contribution >= 4 is 24.0 Å². The van der Waals surface area contributed by atoms with Gasteiger partial charge < -0.3 is 10.6 Å². The molecule has 1 amide bonds. The molecule has 2 aromatic rings. The van der Waals surface area contributed by atoms with Crippen molar-refractivity contribution in [3.63, 3.8) is 0 Å². The fourth-order valence-corrected chi connectivity index (χ4v) is 4.37. The average molecular weight is 393 g/mol. The van der Waals surface area contributed by atoms with Crippen LogP contribution in [0.25, 0.3) is 11.4 Å². The fraction of sp³-hybridized carbons (Fsp3) is 0.526. The van der Waals surface area contributed by atoms with Crippen LogP contribution in [0.2, 0.25) is 0 Å². The molecule has 7 nitrogen and oxygen atoms in total. The second-order valence-corrected chi connectivity index (χ2v) is 7.29. The van der Waals surface area contributed by atoms with Gasteiger partial charge in [-0.3, -0.25) is 14.3 Å². The Balaban J connectivity index is 0.00000210.